The molecule has 13 heavy (non-hydrogen) atoms. The van der Waals surface area contributed by atoms with Crippen molar-refractivity contribution in [2.45, 2.75) is 19.9 Å². The summed E-state index contributed by atoms with van der Waals surface area (Å²) in [6, 6.07) is -0.994. The number of aromatic nitrogens is 2. The van der Waals surface area contributed by atoms with E-state index < -0.39 is 12.0 Å². The van der Waals surface area contributed by atoms with Crippen molar-refractivity contribution in [3.63, 3.8) is 0 Å². The first kappa shape index (κ1) is 9.73. The van der Waals surface area contributed by atoms with E-state index in [-0.39, 0.29) is 0 Å². The van der Waals surface area contributed by atoms with Crippen LogP contribution in [0.15, 0.2) is 0 Å². The van der Waals surface area contributed by atoms with Crippen LogP contribution in [0, 0.1) is 13.8 Å². The first-order valence-corrected chi connectivity index (χ1v) is 3.93. The number of aryl methyl sites for hydroxylation is 2. The standard InChI is InChI=1S/C8H13N3O2/c1-4-7(6(9)8(12)13)11(3)5(2)10-4/h6H,9H2,1-3H3,(H,12,13). The van der Waals surface area contributed by atoms with Gasteiger partial charge in [-0.25, -0.2) is 4.98 Å². The number of nitrogens with two attached hydrogens (primary N) is 1. The Hall–Kier alpha value is -1.36. The molecule has 0 bridgehead atoms. The van der Waals surface area contributed by atoms with E-state index in [0.717, 1.165) is 5.82 Å². The molecule has 0 saturated heterocycles. The minimum Gasteiger partial charge on any atom is -0.480 e. The fourth-order valence-corrected chi connectivity index (χ4v) is 1.34. The summed E-state index contributed by atoms with van der Waals surface area (Å²) in [4.78, 5) is 14.8. The minimum absolute atomic E-state index is 0.560. The zero-order chi connectivity index (χ0) is 10.2. The Bertz CT molecular complexity index is 343. The Balaban J connectivity index is 3.20. The van der Waals surface area contributed by atoms with Gasteiger partial charge in [0.05, 0.1) is 11.4 Å². The molecule has 72 valence electrons. The maximum Gasteiger partial charge on any atom is 0.326 e. The van der Waals surface area contributed by atoms with Gasteiger partial charge in [-0.2, -0.15) is 0 Å². The van der Waals surface area contributed by atoms with Gasteiger partial charge in [0.25, 0.3) is 0 Å². The number of carboxylic acids is 1. The average molecular weight is 183 g/mol. The quantitative estimate of drug-likeness (QED) is 0.682. The van der Waals surface area contributed by atoms with Crippen molar-refractivity contribution >= 4 is 5.97 Å². The Morgan fingerprint density at radius 2 is 2.15 bits per heavy atom. The lowest BCUT2D eigenvalue weighted by molar-refractivity contribution is -0.138. The molecule has 0 radical (unpaired) electrons. The van der Waals surface area contributed by atoms with Crippen molar-refractivity contribution < 1.29 is 9.90 Å². The SMILES string of the molecule is Cc1nc(C)n(C)c1C(N)C(=O)O. The second-order valence-electron chi connectivity index (χ2n) is 3.00. The molecule has 1 heterocycles. The smallest absolute Gasteiger partial charge is 0.326 e. The lowest BCUT2D eigenvalue weighted by Crippen LogP contribution is -2.24. The van der Waals surface area contributed by atoms with Crippen molar-refractivity contribution in [3.05, 3.63) is 17.2 Å². The summed E-state index contributed by atoms with van der Waals surface area (Å²) < 4.78 is 1.70. The molecule has 1 aromatic heterocycles. The van der Waals surface area contributed by atoms with Crippen LogP contribution < -0.4 is 5.73 Å². The van der Waals surface area contributed by atoms with E-state index in [1.807, 2.05) is 6.92 Å². The molecule has 5 heteroatoms. The molecular formula is C8H13N3O2. The Morgan fingerprint density at radius 1 is 1.62 bits per heavy atom. The van der Waals surface area contributed by atoms with E-state index in [1.165, 1.54) is 0 Å². The molecule has 3 N–H and O–H groups in total. The van der Waals surface area contributed by atoms with Crippen LogP contribution in [0.25, 0.3) is 0 Å². The number of hydrogen-bond donors (Lipinski definition) is 2. The van der Waals surface area contributed by atoms with Crippen molar-refractivity contribution in [2.75, 3.05) is 0 Å². The summed E-state index contributed by atoms with van der Waals surface area (Å²) in [5.74, 6) is -0.268. The molecule has 0 amide bonds. The predicted molar refractivity (Wildman–Crippen MR) is 47.2 cm³/mol. The van der Waals surface area contributed by atoms with E-state index in [9.17, 15) is 4.79 Å². The van der Waals surface area contributed by atoms with Gasteiger partial charge in [0.2, 0.25) is 0 Å². The average Bonchev–Trinajstić information content (AvgIpc) is 2.26. The third-order valence-corrected chi connectivity index (χ3v) is 2.11. The molecule has 0 aromatic carbocycles. The third kappa shape index (κ3) is 1.55. The first-order valence-electron chi connectivity index (χ1n) is 3.93. The largest absolute Gasteiger partial charge is 0.480 e. The van der Waals surface area contributed by atoms with Crippen molar-refractivity contribution in [1.29, 1.82) is 0 Å². The zero-order valence-corrected chi connectivity index (χ0v) is 7.90. The van der Waals surface area contributed by atoms with Crippen LogP contribution in [0.1, 0.15) is 23.3 Å². The van der Waals surface area contributed by atoms with Crippen LogP contribution in [0.5, 0.6) is 0 Å². The molecule has 1 atom stereocenters. The molecule has 0 fully saturated rings. The third-order valence-electron chi connectivity index (χ3n) is 2.11. The summed E-state index contributed by atoms with van der Waals surface area (Å²) in [6.07, 6.45) is 0. The van der Waals surface area contributed by atoms with Crippen LogP contribution in [-0.4, -0.2) is 20.6 Å². The first-order chi connectivity index (χ1) is 5.95. The van der Waals surface area contributed by atoms with Crippen LogP contribution in [0.4, 0.5) is 0 Å². The lowest BCUT2D eigenvalue weighted by Gasteiger charge is -2.08. The highest BCUT2D eigenvalue weighted by atomic mass is 16.4. The molecule has 1 rings (SSSR count). The topological polar surface area (TPSA) is 81.1 Å². The number of aliphatic carboxylic acids is 1. The van der Waals surface area contributed by atoms with Gasteiger partial charge in [-0.05, 0) is 13.8 Å². The van der Waals surface area contributed by atoms with Gasteiger partial charge in [-0.1, -0.05) is 0 Å². The van der Waals surface area contributed by atoms with Gasteiger partial charge < -0.3 is 15.4 Å². The molecule has 0 aliphatic carbocycles. The van der Waals surface area contributed by atoms with Gasteiger partial charge in [-0.3, -0.25) is 4.79 Å². The molecule has 1 unspecified atom stereocenters. The number of carbonyl (C=O) groups is 1. The normalized spacial score (nSPS) is 12.9. The van der Waals surface area contributed by atoms with E-state index in [1.54, 1.807) is 18.5 Å². The van der Waals surface area contributed by atoms with Crippen LogP contribution in [0.3, 0.4) is 0 Å². The fraction of sp³-hybridized carbons (Fsp3) is 0.500. The van der Waals surface area contributed by atoms with E-state index >= 15 is 0 Å². The van der Waals surface area contributed by atoms with Crippen LogP contribution in [0.2, 0.25) is 0 Å². The number of rotatable bonds is 2. The van der Waals surface area contributed by atoms with E-state index in [2.05, 4.69) is 4.98 Å². The summed E-state index contributed by atoms with van der Waals surface area (Å²) >= 11 is 0. The zero-order valence-electron chi connectivity index (χ0n) is 7.90. The number of imidazole rings is 1. The molecule has 0 spiro atoms. The van der Waals surface area contributed by atoms with Gasteiger partial charge >= 0.3 is 5.97 Å². The molecule has 5 nitrogen and oxygen atoms in total. The molecule has 0 aliphatic heterocycles. The summed E-state index contributed by atoms with van der Waals surface area (Å²) in [5, 5.41) is 8.73. The van der Waals surface area contributed by atoms with Crippen molar-refractivity contribution in [1.82, 2.24) is 9.55 Å². The summed E-state index contributed by atoms with van der Waals surface area (Å²) in [6.45, 7) is 3.57. The Kier molecular flexibility index (Phi) is 2.38. The molecule has 0 aliphatic rings. The highest BCUT2D eigenvalue weighted by Crippen LogP contribution is 2.15. The minimum atomic E-state index is -1.04. The number of nitrogens with zero attached hydrogens (tertiary/aromatic N) is 2. The summed E-state index contributed by atoms with van der Waals surface area (Å²) in [5.41, 5.74) is 6.73. The second kappa shape index (κ2) is 3.18. The van der Waals surface area contributed by atoms with Gasteiger partial charge in [0, 0.05) is 7.05 Å². The fourth-order valence-electron chi connectivity index (χ4n) is 1.34. The van der Waals surface area contributed by atoms with Crippen LogP contribution >= 0.6 is 0 Å². The van der Waals surface area contributed by atoms with E-state index in [0.29, 0.717) is 11.4 Å². The predicted octanol–water partition coefficient (Wildman–Crippen LogP) is 0.121. The highest BCUT2D eigenvalue weighted by Gasteiger charge is 2.21. The monoisotopic (exact) mass is 183 g/mol. The molecule has 0 saturated carbocycles. The summed E-state index contributed by atoms with van der Waals surface area (Å²) in [7, 11) is 1.76. The van der Waals surface area contributed by atoms with Gasteiger partial charge in [0.1, 0.15) is 11.9 Å². The molecular weight excluding hydrogens is 170 g/mol. The maximum absolute atomic E-state index is 10.6. The molecule has 1 aromatic rings. The lowest BCUT2D eigenvalue weighted by atomic mass is 10.2. The second-order valence-corrected chi connectivity index (χ2v) is 3.00. The Morgan fingerprint density at radius 3 is 2.46 bits per heavy atom. The highest BCUT2D eigenvalue weighted by molar-refractivity contribution is 5.75. The van der Waals surface area contributed by atoms with Crippen molar-refractivity contribution in [2.24, 2.45) is 12.8 Å². The number of hydrogen-bond acceptors (Lipinski definition) is 3. The van der Waals surface area contributed by atoms with E-state index in [4.69, 9.17) is 10.8 Å². The maximum atomic E-state index is 10.6. The van der Waals surface area contributed by atoms with Crippen molar-refractivity contribution in [3.8, 4) is 0 Å². The van der Waals surface area contributed by atoms with Gasteiger partial charge in [0.15, 0.2) is 0 Å². The van der Waals surface area contributed by atoms with Gasteiger partial charge in [-0.15, -0.1) is 0 Å². The number of carboxylic acid groups (broad SMARTS) is 1. The van der Waals surface area contributed by atoms with Crippen LogP contribution in [-0.2, 0) is 11.8 Å². The Labute approximate surface area is 76.2 Å².